The minimum atomic E-state index is -0.459. The molecule has 0 saturated carbocycles. The number of rotatable bonds is 4. The van der Waals surface area contributed by atoms with Gasteiger partial charge in [-0.3, -0.25) is 9.59 Å². The SMILES string of the molecule is O=C1CCCN1CCC1CCCCN1C(=O)c1cc(F)ccc1Cl. The van der Waals surface area contributed by atoms with Gasteiger partial charge in [-0.15, -0.1) is 0 Å². The van der Waals surface area contributed by atoms with Crippen molar-refractivity contribution >= 4 is 23.4 Å². The van der Waals surface area contributed by atoms with E-state index < -0.39 is 5.82 Å². The van der Waals surface area contributed by atoms with E-state index in [2.05, 4.69) is 0 Å². The summed E-state index contributed by atoms with van der Waals surface area (Å²) in [5, 5.41) is 0.278. The Morgan fingerprint density at radius 2 is 2.08 bits per heavy atom. The summed E-state index contributed by atoms with van der Waals surface area (Å²) in [6, 6.07) is 3.97. The molecular formula is C18H22ClFN2O2. The first-order valence-corrected chi connectivity index (χ1v) is 8.98. The molecule has 1 atom stereocenters. The molecule has 2 aliphatic heterocycles. The highest BCUT2D eigenvalue weighted by atomic mass is 35.5. The molecule has 1 unspecified atom stereocenters. The molecule has 1 aromatic carbocycles. The van der Waals surface area contributed by atoms with Gasteiger partial charge in [0.1, 0.15) is 5.82 Å². The van der Waals surface area contributed by atoms with Crippen molar-refractivity contribution in [2.24, 2.45) is 0 Å². The number of carbonyl (C=O) groups excluding carboxylic acids is 2. The van der Waals surface area contributed by atoms with Gasteiger partial charge in [-0.1, -0.05) is 11.6 Å². The number of amides is 2. The molecule has 0 spiro atoms. The molecule has 2 aliphatic rings. The molecule has 3 rings (SSSR count). The van der Waals surface area contributed by atoms with Crippen molar-refractivity contribution in [2.45, 2.75) is 44.6 Å². The Bertz CT molecular complexity index is 637. The van der Waals surface area contributed by atoms with Crippen molar-refractivity contribution in [3.8, 4) is 0 Å². The molecule has 4 nitrogen and oxygen atoms in total. The Hall–Kier alpha value is -1.62. The van der Waals surface area contributed by atoms with Crippen molar-refractivity contribution in [3.63, 3.8) is 0 Å². The van der Waals surface area contributed by atoms with E-state index >= 15 is 0 Å². The van der Waals surface area contributed by atoms with Crippen molar-refractivity contribution in [1.82, 2.24) is 9.80 Å². The third-order valence-electron chi connectivity index (χ3n) is 4.95. The van der Waals surface area contributed by atoms with Crippen molar-refractivity contribution < 1.29 is 14.0 Å². The van der Waals surface area contributed by atoms with Gasteiger partial charge in [-0.25, -0.2) is 4.39 Å². The van der Waals surface area contributed by atoms with E-state index in [1.807, 2.05) is 9.80 Å². The number of hydrogen-bond donors (Lipinski definition) is 0. The van der Waals surface area contributed by atoms with Gasteiger partial charge < -0.3 is 9.80 Å². The maximum absolute atomic E-state index is 13.5. The molecule has 1 aromatic rings. The lowest BCUT2D eigenvalue weighted by molar-refractivity contribution is -0.127. The molecule has 2 heterocycles. The Morgan fingerprint density at radius 1 is 1.25 bits per heavy atom. The predicted octanol–water partition coefficient (Wildman–Crippen LogP) is 3.49. The number of hydrogen-bond acceptors (Lipinski definition) is 2. The Labute approximate surface area is 146 Å². The number of nitrogens with zero attached hydrogens (tertiary/aromatic N) is 2. The average Bonchev–Trinajstić information content (AvgIpc) is 3.00. The third-order valence-corrected chi connectivity index (χ3v) is 5.28. The highest BCUT2D eigenvalue weighted by Gasteiger charge is 2.30. The number of likely N-dealkylation sites (tertiary alicyclic amines) is 2. The second kappa shape index (κ2) is 7.51. The monoisotopic (exact) mass is 352 g/mol. The molecule has 2 saturated heterocycles. The molecule has 0 aliphatic carbocycles. The number of halogens is 2. The van der Waals surface area contributed by atoms with E-state index in [0.29, 0.717) is 19.5 Å². The normalized spacial score (nSPS) is 21.4. The van der Waals surface area contributed by atoms with E-state index in [4.69, 9.17) is 11.6 Å². The second-order valence-corrected chi connectivity index (χ2v) is 6.95. The zero-order chi connectivity index (χ0) is 17.1. The van der Waals surface area contributed by atoms with Crippen LogP contribution in [0, 0.1) is 5.82 Å². The van der Waals surface area contributed by atoms with Crippen LogP contribution >= 0.6 is 11.6 Å². The summed E-state index contributed by atoms with van der Waals surface area (Å²) in [5.74, 6) is -0.465. The van der Waals surface area contributed by atoms with Crippen molar-refractivity contribution in [3.05, 3.63) is 34.6 Å². The van der Waals surface area contributed by atoms with Crippen molar-refractivity contribution in [2.75, 3.05) is 19.6 Å². The molecule has 6 heteroatoms. The topological polar surface area (TPSA) is 40.6 Å². The van der Waals surface area contributed by atoms with Crippen LogP contribution in [0.4, 0.5) is 4.39 Å². The zero-order valence-electron chi connectivity index (χ0n) is 13.6. The number of piperidine rings is 1. The first kappa shape index (κ1) is 17.2. The summed E-state index contributed by atoms with van der Waals surface area (Å²) in [7, 11) is 0. The fourth-order valence-corrected chi connectivity index (χ4v) is 3.83. The number of carbonyl (C=O) groups is 2. The fraction of sp³-hybridized carbons (Fsp3) is 0.556. The van der Waals surface area contributed by atoms with E-state index in [1.165, 1.54) is 18.2 Å². The lowest BCUT2D eigenvalue weighted by Crippen LogP contribution is -2.45. The lowest BCUT2D eigenvalue weighted by atomic mass is 9.98. The Morgan fingerprint density at radius 3 is 2.83 bits per heavy atom. The zero-order valence-corrected chi connectivity index (χ0v) is 14.4. The minimum absolute atomic E-state index is 0.0824. The van der Waals surface area contributed by atoms with E-state index in [0.717, 1.165) is 38.6 Å². The van der Waals surface area contributed by atoms with Gasteiger partial charge in [-0.05, 0) is 50.3 Å². The van der Waals surface area contributed by atoms with Gasteiger partial charge in [0, 0.05) is 32.1 Å². The largest absolute Gasteiger partial charge is 0.343 e. The van der Waals surface area contributed by atoms with Crippen LogP contribution in [0.5, 0.6) is 0 Å². The maximum atomic E-state index is 13.5. The standard InChI is InChI=1S/C18H22ClFN2O2/c19-16-7-6-13(20)12-15(16)18(24)22-10-2-1-4-14(22)8-11-21-9-3-5-17(21)23/h6-7,12,14H,1-5,8-11H2. The first-order valence-electron chi connectivity index (χ1n) is 8.60. The summed E-state index contributed by atoms with van der Waals surface area (Å²) in [5.41, 5.74) is 0.223. The van der Waals surface area contributed by atoms with E-state index in [-0.39, 0.29) is 28.4 Å². The molecule has 130 valence electrons. The number of benzene rings is 1. The third kappa shape index (κ3) is 3.72. The lowest BCUT2D eigenvalue weighted by Gasteiger charge is -2.37. The van der Waals surface area contributed by atoms with E-state index in [9.17, 15) is 14.0 Å². The fourth-order valence-electron chi connectivity index (χ4n) is 3.63. The molecule has 0 bridgehead atoms. The van der Waals surface area contributed by atoms with Crippen LogP contribution in [0.3, 0.4) is 0 Å². The van der Waals surface area contributed by atoms with Crippen LogP contribution in [0.15, 0.2) is 18.2 Å². The highest BCUT2D eigenvalue weighted by Crippen LogP contribution is 2.26. The van der Waals surface area contributed by atoms with Gasteiger partial charge >= 0.3 is 0 Å². The highest BCUT2D eigenvalue weighted by molar-refractivity contribution is 6.33. The summed E-state index contributed by atoms with van der Waals surface area (Å²) in [6.45, 7) is 2.16. The Kier molecular flexibility index (Phi) is 5.39. The van der Waals surface area contributed by atoms with Crippen LogP contribution in [0.2, 0.25) is 5.02 Å². The van der Waals surface area contributed by atoms with Gasteiger partial charge in [-0.2, -0.15) is 0 Å². The average molecular weight is 353 g/mol. The van der Waals surface area contributed by atoms with Crippen molar-refractivity contribution in [1.29, 1.82) is 0 Å². The molecule has 2 amide bonds. The summed E-state index contributed by atoms with van der Waals surface area (Å²) in [4.78, 5) is 28.3. The molecule has 0 N–H and O–H groups in total. The van der Waals surface area contributed by atoms with Gasteiger partial charge in [0.15, 0.2) is 0 Å². The van der Waals surface area contributed by atoms with E-state index in [1.54, 1.807) is 0 Å². The molecule has 0 radical (unpaired) electrons. The molecule has 0 aromatic heterocycles. The first-order chi connectivity index (χ1) is 11.6. The summed E-state index contributed by atoms with van der Waals surface area (Å²) in [6.07, 6.45) is 5.25. The Balaban J connectivity index is 1.70. The molecule has 2 fully saturated rings. The van der Waals surface area contributed by atoms with Gasteiger partial charge in [0.05, 0.1) is 10.6 Å². The van der Waals surface area contributed by atoms with Crippen LogP contribution in [-0.4, -0.2) is 47.3 Å². The summed E-state index contributed by atoms with van der Waals surface area (Å²) < 4.78 is 13.5. The summed E-state index contributed by atoms with van der Waals surface area (Å²) >= 11 is 6.09. The predicted molar refractivity (Wildman–Crippen MR) is 90.5 cm³/mol. The molecular weight excluding hydrogens is 331 g/mol. The van der Waals surface area contributed by atoms with Crippen LogP contribution in [-0.2, 0) is 4.79 Å². The smallest absolute Gasteiger partial charge is 0.255 e. The quantitative estimate of drug-likeness (QED) is 0.832. The molecule has 24 heavy (non-hydrogen) atoms. The maximum Gasteiger partial charge on any atom is 0.255 e. The van der Waals surface area contributed by atoms with Gasteiger partial charge in [0.2, 0.25) is 5.91 Å². The van der Waals surface area contributed by atoms with Crippen LogP contribution < -0.4 is 0 Å². The van der Waals surface area contributed by atoms with Crippen LogP contribution in [0.1, 0.15) is 48.9 Å². The van der Waals surface area contributed by atoms with Gasteiger partial charge in [0.25, 0.3) is 5.91 Å². The second-order valence-electron chi connectivity index (χ2n) is 6.55. The minimum Gasteiger partial charge on any atom is -0.343 e. The van der Waals surface area contributed by atoms with Crippen LogP contribution in [0.25, 0.3) is 0 Å².